The van der Waals surface area contributed by atoms with Gasteiger partial charge in [-0.05, 0) is 48.7 Å². The highest BCUT2D eigenvalue weighted by atomic mass is 16.5. The molecule has 0 bridgehead atoms. The zero-order valence-corrected chi connectivity index (χ0v) is 18.4. The molecule has 0 fully saturated rings. The molecule has 7 nitrogen and oxygen atoms in total. The van der Waals surface area contributed by atoms with Crippen molar-refractivity contribution in [1.29, 1.82) is 0 Å². The van der Waals surface area contributed by atoms with Crippen LogP contribution in [0.25, 0.3) is 33.5 Å². The van der Waals surface area contributed by atoms with Gasteiger partial charge in [0.2, 0.25) is 0 Å². The van der Waals surface area contributed by atoms with Crippen LogP contribution >= 0.6 is 0 Å². The van der Waals surface area contributed by atoms with E-state index in [2.05, 4.69) is 30.3 Å². The van der Waals surface area contributed by atoms with E-state index in [0.29, 0.717) is 18.0 Å². The Labute approximate surface area is 180 Å². The number of fused-ring (bicyclic) bond motifs is 2. The zero-order chi connectivity index (χ0) is 22.1. The number of carbonyl (C=O) groups is 1. The maximum atomic E-state index is 12.4. The summed E-state index contributed by atoms with van der Waals surface area (Å²) in [5, 5.41) is 0. The van der Waals surface area contributed by atoms with Crippen LogP contribution in [0.1, 0.15) is 44.0 Å². The molecule has 2 aromatic heterocycles. The second-order valence-electron chi connectivity index (χ2n) is 8.30. The van der Waals surface area contributed by atoms with Crippen LogP contribution in [0.5, 0.6) is 0 Å². The second-order valence-corrected chi connectivity index (χ2v) is 8.30. The first-order chi connectivity index (χ1) is 14.9. The molecule has 162 valence electrons. The fourth-order valence-corrected chi connectivity index (χ4v) is 3.99. The number of H-pyrrole nitrogens is 1. The molecule has 0 radical (unpaired) electrons. The number of hydrogen-bond donors (Lipinski definition) is 1. The summed E-state index contributed by atoms with van der Waals surface area (Å²) in [4.78, 5) is 32.2. The van der Waals surface area contributed by atoms with Gasteiger partial charge in [0.1, 0.15) is 5.82 Å². The molecule has 1 N–H and O–H groups in total. The minimum atomic E-state index is -0.380. The molecule has 0 aliphatic rings. The highest BCUT2D eigenvalue weighted by Gasteiger charge is 2.17. The maximum absolute atomic E-state index is 12.4. The van der Waals surface area contributed by atoms with Crippen molar-refractivity contribution in [3.05, 3.63) is 52.4 Å². The predicted molar refractivity (Wildman–Crippen MR) is 122 cm³/mol. The Balaban J connectivity index is 1.86. The van der Waals surface area contributed by atoms with Gasteiger partial charge >= 0.3 is 11.7 Å². The number of nitrogens with one attached hydrogen (secondary N) is 1. The second kappa shape index (κ2) is 8.41. The number of ether oxygens (including phenoxy) is 1. The van der Waals surface area contributed by atoms with Gasteiger partial charge in [-0.15, -0.1) is 0 Å². The highest BCUT2D eigenvalue weighted by molar-refractivity contribution is 5.94. The molecular weight excluding hydrogens is 392 g/mol. The summed E-state index contributed by atoms with van der Waals surface area (Å²) in [7, 11) is 1.37. The molecule has 0 amide bonds. The van der Waals surface area contributed by atoms with Gasteiger partial charge in [-0.1, -0.05) is 27.2 Å². The number of esters is 1. The van der Waals surface area contributed by atoms with Crippen LogP contribution in [0, 0.1) is 5.92 Å². The molecule has 2 heterocycles. The maximum Gasteiger partial charge on any atom is 0.337 e. The van der Waals surface area contributed by atoms with Crippen LogP contribution in [0.4, 0.5) is 0 Å². The first kappa shape index (κ1) is 20.9. The van der Waals surface area contributed by atoms with Crippen LogP contribution in [0.2, 0.25) is 0 Å². The van der Waals surface area contributed by atoms with Crippen molar-refractivity contribution in [2.45, 2.75) is 46.7 Å². The first-order valence-electron chi connectivity index (χ1n) is 10.7. The van der Waals surface area contributed by atoms with E-state index in [-0.39, 0.29) is 11.7 Å². The number of rotatable bonds is 7. The molecule has 0 atom stereocenters. The van der Waals surface area contributed by atoms with Gasteiger partial charge in [0.15, 0.2) is 0 Å². The molecule has 0 unspecified atom stereocenters. The lowest BCUT2D eigenvalue weighted by Crippen LogP contribution is -2.16. The van der Waals surface area contributed by atoms with Crippen LogP contribution < -0.4 is 5.69 Å². The molecule has 0 aliphatic heterocycles. The van der Waals surface area contributed by atoms with E-state index >= 15 is 0 Å². The highest BCUT2D eigenvalue weighted by Crippen LogP contribution is 2.28. The number of carbonyl (C=O) groups excluding carboxylic acids is 1. The molecule has 4 rings (SSSR count). The number of aromatic nitrogens is 4. The molecule has 0 saturated heterocycles. The Morgan fingerprint density at radius 3 is 2.61 bits per heavy atom. The Kier molecular flexibility index (Phi) is 5.67. The van der Waals surface area contributed by atoms with Gasteiger partial charge < -0.3 is 14.3 Å². The minimum Gasteiger partial charge on any atom is -0.465 e. The number of unbranched alkanes of at least 4 members (excludes halogenated alkanes) is 1. The quantitative estimate of drug-likeness (QED) is 0.443. The third-order valence-electron chi connectivity index (χ3n) is 5.48. The van der Waals surface area contributed by atoms with E-state index in [0.717, 1.165) is 52.8 Å². The summed E-state index contributed by atoms with van der Waals surface area (Å²) in [5.41, 5.74) is 4.73. The fraction of sp³-hybridized carbons (Fsp3) is 0.375. The molecular formula is C24H28N4O3. The molecule has 0 aliphatic carbocycles. The Morgan fingerprint density at radius 1 is 1.13 bits per heavy atom. The number of benzene rings is 2. The van der Waals surface area contributed by atoms with E-state index in [1.165, 1.54) is 7.11 Å². The lowest BCUT2D eigenvalue weighted by molar-refractivity contribution is 0.0601. The third-order valence-corrected chi connectivity index (χ3v) is 5.48. The Hall–Kier alpha value is -3.35. The van der Waals surface area contributed by atoms with Crippen molar-refractivity contribution in [2.24, 2.45) is 5.92 Å². The minimum absolute atomic E-state index is 0.0843. The number of hydrogen-bond acceptors (Lipinski definition) is 4. The van der Waals surface area contributed by atoms with E-state index < -0.39 is 0 Å². The number of aromatic amines is 1. The van der Waals surface area contributed by atoms with E-state index in [9.17, 15) is 9.59 Å². The molecule has 4 aromatic rings. The van der Waals surface area contributed by atoms with Gasteiger partial charge in [-0.3, -0.25) is 4.57 Å². The summed E-state index contributed by atoms with van der Waals surface area (Å²) < 4.78 is 8.82. The number of aryl methyl sites for hydroxylation is 1. The topological polar surface area (TPSA) is 81.9 Å². The zero-order valence-electron chi connectivity index (χ0n) is 18.4. The van der Waals surface area contributed by atoms with Gasteiger partial charge in [-0.25, -0.2) is 14.6 Å². The summed E-state index contributed by atoms with van der Waals surface area (Å²) in [5.74, 6) is 0.846. The summed E-state index contributed by atoms with van der Waals surface area (Å²) >= 11 is 0. The van der Waals surface area contributed by atoms with E-state index in [4.69, 9.17) is 9.72 Å². The average Bonchev–Trinajstić information content (AvgIpc) is 3.26. The standard InChI is InChI=1S/C24H28N4O3/c1-5-6-11-27-20-9-7-16(12-19(20)26-24(27)30)22-25-18-13-17(23(29)31-4)8-10-21(18)28(22)14-15(2)3/h7-10,12-13,15H,5-6,11,14H2,1-4H3,(H,26,30). The smallest absolute Gasteiger partial charge is 0.337 e. The van der Waals surface area contributed by atoms with Gasteiger partial charge in [0.25, 0.3) is 0 Å². The molecule has 0 spiro atoms. The first-order valence-corrected chi connectivity index (χ1v) is 10.7. The summed E-state index contributed by atoms with van der Waals surface area (Å²) in [6, 6.07) is 11.4. The number of nitrogens with zero attached hydrogens (tertiary/aromatic N) is 3. The Bertz CT molecular complexity index is 1310. The van der Waals surface area contributed by atoms with Crippen molar-refractivity contribution in [3.63, 3.8) is 0 Å². The van der Waals surface area contributed by atoms with Crippen molar-refractivity contribution < 1.29 is 9.53 Å². The molecule has 0 saturated carbocycles. The fourth-order valence-electron chi connectivity index (χ4n) is 3.99. The van der Waals surface area contributed by atoms with Crippen LogP contribution in [-0.4, -0.2) is 32.2 Å². The third kappa shape index (κ3) is 3.87. The van der Waals surface area contributed by atoms with Crippen LogP contribution in [-0.2, 0) is 17.8 Å². The average molecular weight is 421 g/mol. The number of imidazole rings is 2. The largest absolute Gasteiger partial charge is 0.465 e. The van der Waals surface area contributed by atoms with Gasteiger partial charge in [0.05, 0.1) is 34.7 Å². The molecule has 2 aromatic carbocycles. The molecule has 7 heteroatoms. The van der Waals surface area contributed by atoms with E-state index in [1.54, 1.807) is 16.7 Å². The Morgan fingerprint density at radius 2 is 1.90 bits per heavy atom. The van der Waals surface area contributed by atoms with Crippen molar-refractivity contribution >= 4 is 28.0 Å². The summed E-state index contributed by atoms with van der Waals surface area (Å²) in [6.07, 6.45) is 1.99. The normalized spacial score (nSPS) is 11.6. The molecule has 31 heavy (non-hydrogen) atoms. The monoisotopic (exact) mass is 420 g/mol. The van der Waals surface area contributed by atoms with E-state index in [1.807, 2.05) is 24.3 Å². The van der Waals surface area contributed by atoms with Crippen molar-refractivity contribution in [2.75, 3.05) is 7.11 Å². The number of methoxy groups -OCH3 is 1. The van der Waals surface area contributed by atoms with Gasteiger partial charge in [0, 0.05) is 18.7 Å². The predicted octanol–water partition coefficient (Wildman–Crippen LogP) is 4.59. The lowest BCUT2D eigenvalue weighted by Gasteiger charge is -2.12. The lowest BCUT2D eigenvalue weighted by atomic mass is 10.1. The van der Waals surface area contributed by atoms with Crippen molar-refractivity contribution in [3.8, 4) is 11.4 Å². The SMILES string of the molecule is CCCCn1c(=O)[nH]c2cc(-c3nc4cc(C(=O)OC)ccc4n3CC(C)C)ccc21. The van der Waals surface area contributed by atoms with Crippen LogP contribution in [0.3, 0.4) is 0 Å². The summed E-state index contributed by atoms with van der Waals surface area (Å²) in [6.45, 7) is 7.93. The van der Waals surface area contributed by atoms with Crippen molar-refractivity contribution in [1.82, 2.24) is 19.1 Å². The van der Waals surface area contributed by atoms with Gasteiger partial charge in [-0.2, -0.15) is 0 Å². The van der Waals surface area contributed by atoms with Crippen LogP contribution in [0.15, 0.2) is 41.2 Å².